The van der Waals surface area contributed by atoms with Crippen molar-refractivity contribution in [3.05, 3.63) is 50.8 Å². The molecular weight excluding hydrogens is 442 g/mol. The molecule has 0 radical (unpaired) electrons. The van der Waals surface area contributed by atoms with Crippen molar-refractivity contribution in [3.8, 4) is 5.75 Å². The molecule has 0 fully saturated rings. The van der Waals surface area contributed by atoms with E-state index in [1.165, 1.54) is 14.0 Å². The molecule has 2 aromatic rings. The normalized spacial score (nSPS) is 10.5. The molecule has 0 saturated carbocycles. The van der Waals surface area contributed by atoms with Crippen molar-refractivity contribution >= 4 is 39.2 Å². The minimum Gasteiger partial charge on any atom is -0.496 e. The van der Waals surface area contributed by atoms with Crippen molar-refractivity contribution in [2.75, 3.05) is 13.7 Å². The van der Waals surface area contributed by atoms with Gasteiger partial charge in [0.05, 0.1) is 24.8 Å². The number of esters is 1. The van der Waals surface area contributed by atoms with Crippen LogP contribution in [0.1, 0.15) is 62.2 Å². The van der Waals surface area contributed by atoms with Crippen LogP contribution in [0.3, 0.4) is 0 Å². The molecule has 154 valence electrons. The second-order valence-corrected chi connectivity index (χ2v) is 7.45. The summed E-state index contributed by atoms with van der Waals surface area (Å²) in [5.41, 5.74) is 2.20. The number of Topliss-reactive ketones (excluding diaryl/α,β-unsaturated/α-hetero) is 3. The van der Waals surface area contributed by atoms with Gasteiger partial charge in [-0.15, -0.1) is 0 Å². The molecule has 0 atom stereocenters. The number of aryl methyl sites for hydroxylation is 1. The summed E-state index contributed by atoms with van der Waals surface area (Å²) in [6.07, 6.45) is -0.238. The Kier molecular flexibility index (Phi) is 7.50. The van der Waals surface area contributed by atoms with Gasteiger partial charge >= 0.3 is 5.97 Å². The highest BCUT2D eigenvalue weighted by molar-refractivity contribution is 9.10. The molecular formula is C21H22BrNO6. The molecule has 0 aliphatic carbocycles. The van der Waals surface area contributed by atoms with Gasteiger partial charge in [-0.2, -0.15) is 0 Å². The average Bonchev–Trinajstić information content (AvgIpc) is 2.98. The minimum absolute atomic E-state index is 0.0744. The molecule has 0 aliphatic rings. The Morgan fingerprint density at radius 3 is 2.34 bits per heavy atom. The van der Waals surface area contributed by atoms with Crippen LogP contribution in [0.15, 0.2) is 22.7 Å². The number of rotatable bonds is 9. The number of ketones is 3. The summed E-state index contributed by atoms with van der Waals surface area (Å²) in [4.78, 5) is 51.2. The van der Waals surface area contributed by atoms with E-state index in [1.54, 1.807) is 32.0 Å². The van der Waals surface area contributed by atoms with Gasteiger partial charge in [-0.25, -0.2) is 0 Å². The lowest BCUT2D eigenvalue weighted by Gasteiger charge is -2.08. The van der Waals surface area contributed by atoms with Crippen molar-refractivity contribution in [1.82, 2.24) is 4.98 Å². The standard InChI is InChI=1S/C21H22BrNO6/c1-11-20(13(3)24)12(2)23-21(11)17(26)10-29-19(27)8-6-16(25)15-9-14(22)5-7-18(15)28-4/h5,7,9,23H,6,8,10H2,1-4H3. The van der Waals surface area contributed by atoms with Gasteiger partial charge in [-0.05, 0) is 44.5 Å². The first-order valence-electron chi connectivity index (χ1n) is 8.91. The zero-order valence-electron chi connectivity index (χ0n) is 16.7. The predicted octanol–water partition coefficient (Wildman–Crippen LogP) is 3.99. The minimum atomic E-state index is -0.659. The summed E-state index contributed by atoms with van der Waals surface area (Å²) in [5, 5.41) is 0. The van der Waals surface area contributed by atoms with Crippen molar-refractivity contribution in [2.24, 2.45) is 0 Å². The van der Waals surface area contributed by atoms with Gasteiger partial charge in [0.2, 0.25) is 5.78 Å². The number of methoxy groups -OCH3 is 1. The van der Waals surface area contributed by atoms with E-state index in [4.69, 9.17) is 9.47 Å². The number of H-pyrrole nitrogens is 1. The van der Waals surface area contributed by atoms with Gasteiger partial charge < -0.3 is 14.5 Å². The van der Waals surface area contributed by atoms with Crippen molar-refractivity contribution < 1.29 is 28.7 Å². The van der Waals surface area contributed by atoms with E-state index in [2.05, 4.69) is 20.9 Å². The van der Waals surface area contributed by atoms with Crippen LogP contribution in [0.4, 0.5) is 0 Å². The van der Waals surface area contributed by atoms with E-state index in [0.717, 1.165) is 4.47 Å². The molecule has 0 saturated heterocycles. The number of benzene rings is 1. The molecule has 1 aromatic heterocycles. The molecule has 0 bridgehead atoms. The number of carbonyl (C=O) groups is 4. The Morgan fingerprint density at radius 1 is 1.07 bits per heavy atom. The van der Waals surface area contributed by atoms with E-state index in [0.29, 0.717) is 28.1 Å². The number of hydrogen-bond acceptors (Lipinski definition) is 6. The van der Waals surface area contributed by atoms with Gasteiger partial charge in [-0.1, -0.05) is 15.9 Å². The summed E-state index contributed by atoms with van der Waals surface area (Å²) in [6.45, 7) is 4.33. The highest BCUT2D eigenvalue weighted by Crippen LogP contribution is 2.24. The maximum Gasteiger partial charge on any atom is 0.306 e. The molecule has 0 aliphatic heterocycles. The van der Waals surface area contributed by atoms with Crippen molar-refractivity contribution in [1.29, 1.82) is 0 Å². The molecule has 0 spiro atoms. The van der Waals surface area contributed by atoms with Crippen molar-refractivity contribution in [3.63, 3.8) is 0 Å². The lowest BCUT2D eigenvalue weighted by molar-refractivity contribution is -0.142. The third kappa shape index (κ3) is 5.41. The third-order valence-electron chi connectivity index (χ3n) is 4.45. The maximum atomic E-state index is 12.4. The van der Waals surface area contributed by atoms with Crippen LogP contribution in [-0.4, -0.2) is 42.0 Å². The first kappa shape index (κ1) is 22.5. The molecule has 0 amide bonds. The molecule has 1 aromatic carbocycles. The fourth-order valence-electron chi connectivity index (χ4n) is 3.10. The predicted molar refractivity (Wildman–Crippen MR) is 110 cm³/mol. The SMILES string of the molecule is COc1ccc(Br)cc1C(=O)CCC(=O)OCC(=O)c1[nH]c(C)c(C(C)=O)c1C. The van der Waals surface area contributed by atoms with Gasteiger partial charge in [-0.3, -0.25) is 19.2 Å². The Balaban J connectivity index is 1.93. The van der Waals surface area contributed by atoms with E-state index in [9.17, 15) is 19.2 Å². The fourth-order valence-corrected chi connectivity index (χ4v) is 3.46. The Labute approximate surface area is 176 Å². The second-order valence-electron chi connectivity index (χ2n) is 6.53. The number of ether oxygens (including phenoxy) is 2. The largest absolute Gasteiger partial charge is 0.496 e. The number of carbonyl (C=O) groups excluding carboxylic acids is 4. The summed E-state index contributed by atoms with van der Waals surface area (Å²) in [6, 6.07) is 5.03. The zero-order chi connectivity index (χ0) is 21.7. The first-order chi connectivity index (χ1) is 13.6. The third-order valence-corrected chi connectivity index (χ3v) is 4.94. The zero-order valence-corrected chi connectivity index (χ0v) is 18.3. The summed E-state index contributed by atoms with van der Waals surface area (Å²) in [7, 11) is 1.46. The summed E-state index contributed by atoms with van der Waals surface area (Å²) >= 11 is 3.30. The van der Waals surface area contributed by atoms with E-state index in [-0.39, 0.29) is 30.1 Å². The quantitative estimate of drug-likeness (QED) is 0.445. The maximum absolute atomic E-state index is 12.4. The monoisotopic (exact) mass is 463 g/mol. The Morgan fingerprint density at radius 2 is 1.76 bits per heavy atom. The first-order valence-corrected chi connectivity index (χ1v) is 9.70. The number of aromatic amines is 1. The fraction of sp³-hybridized carbons (Fsp3) is 0.333. The molecule has 7 nitrogen and oxygen atoms in total. The smallest absolute Gasteiger partial charge is 0.306 e. The molecule has 8 heteroatoms. The molecule has 1 N–H and O–H groups in total. The van der Waals surface area contributed by atoms with E-state index in [1.807, 2.05) is 0 Å². The van der Waals surface area contributed by atoms with Crippen LogP contribution >= 0.6 is 15.9 Å². The van der Waals surface area contributed by atoms with Crippen LogP contribution in [0, 0.1) is 13.8 Å². The molecule has 1 heterocycles. The van der Waals surface area contributed by atoms with Crippen LogP contribution in [0.25, 0.3) is 0 Å². The highest BCUT2D eigenvalue weighted by Gasteiger charge is 2.21. The second kappa shape index (κ2) is 9.65. The number of aromatic nitrogens is 1. The molecule has 29 heavy (non-hydrogen) atoms. The Bertz CT molecular complexity index is 976. The Hall–Kier alpha value is -2.74. The van der Waals surface area contributed by atoms with Crippen LogP contribution < -0.4 is 4.74 Å². The van der Waals surface area contributed by atoms with Gasteiger partial charge in [0.1, 0.15) is 5.75 Å². The highest BCUT2D eigenvalue weighted by atomic mass is 79.9. The van der Waals surface area contributed by atoms with Crippen LogP contribution in [-0.2, 0) is 9.53 Å². The topological polar surface area (TPSA) is 103 Å². The van der Waals surface area contributed by atoms with Crippen LogP contribution in [0.2, 0.25) is 0 Å². The molecule has 2 rings (SSSR count). The summed E-state index contributed by atoms with van der Waals surface area (Å²) in [5.74, 6) is -1.09. The lowest BCUT2D eigenvalue weighted by Crippen LogP contribution is -2.16. The number of halogens is 1. The van der Waals surface area contributed by atoms with Gasteiger partial charge in [0.15, 0.2) is 18.2 Å². The number of hydrogen-bond donors (Lipinski definition) is 1. The number of nitrogens with one attached hydrogen (secondary N) is 1. The lowest BCUT2D eigenvalue weighted by atomic mass is 10.1. The van der Waals surface area contributed by atoms with Gasteiger partial charge in [0.25, 0.3) is 0 Å². The van der Waals surface area contributed by atoms with Crippen molar-refractivity contribution in [2.45, 2.75) is 33.6 Å². The van der Waals surface area contributed by atoms with Crippen LogP contribution in [0.5, 0.6) is 5.75 Å². The van der Waals surface area contributed by atoms with E-state index < -0.39 is 18.4 Å². The van der Waals surface area contributed by atoms with Gasteiger partial charge in [0, 0.05) is 22.2 Å². The van der Waals surface area contributed by atoms with E-state index >= 15 is 0 Å². The summed E-state index contributed by atoms with van der Waals surface area (Å²) < 4.78 is 10.9. The molecule has 0 unspecified atom stereocenters. The average molecular weight is 464 g/mol.